The van der Waals surface area contributed by atoms with E-state index in [1.54, 1.807) is 18.5 Å². The molecule has 1 N–H and O–H groups in total. The van der Waals surface area contributed by atoms with Crippen LogP contribution in [0.1, 0.15) is 18.4 Å². The van der Waals surface area contributed by atoms with Gasteiger partial charge in [0.2, 0.25) is 11.1 Å². The molecule has 1 aromatic heterocycles. The first-order valence-electron chi connectivity index (χ1n) is 4.52. The van der Waals surface area contributed by atoms with Crippen LogP contribution in [0.25, 0.3) is 0 Å². The van der Waals surface area contributed by atoms with Crippen molar-refractivity contribution in [1.82, 2.24) is 10.3 Å². The zero-order chi connectivity index (χ0) is 11.1. The van der Waals surface area contributed by atoms with Crippen molar-refractivity contribution in [3.05, 3.63) is 30.1 Å². The minimum Gasteiger partial charge on any atom is -0.352 e. The van der Waals surface area contributed by atoms with Gasteiger partial charge in [-0.1, -0.05) is 6.07 Å². The molecule has 80 valence electrons. The summed E-state index contributed by atoms with van der Waals surface area (Å²) in [7, 11) is 0. The number of carbonyl (C=O) groups excluding carboxylic acids is 2. The first-order chi connectivity index (χ1) is 7.18. The molecule has 1 rings (SSSR count). The summed E-state index contributed by atoms with van der Waals surface area (Å²) >= 11 is 5.11. The Morgan fingerprint density at radius 1 is 1.40 bits per heavy atom. The Morgan fingerprint density at radius 2 is 2.20 bits per heavy atom. The molecule has 5 heteroatoms. The first-order valence-corrected chi connectivity index (χ1v) is 4.90. The summed E-state index contributed by atoms with van der Waals surface area (Å²) in [5, 5.41) is 2.17. The van der Waals surface area contributed by atoms with Crippen LogP contribution in [0.3, 0.4) is 0 Å². The molecule has 4 nitrogen and oxygen atoms in total. The second-order valence-electron chi connectivity index (χ2n) is 2.99. The SMILES string of the molecule is O=C(Cl)CCC(=O)NCc1cccnc1. The van der Waals surface area contributed by atoms with Crippen molar-refractivity contribution in [2.45, 2.75) is 19.4 Å². The Labute approximate surface area is 92.7 Å². The van der Waals surface area contributed by atoms with E-state index in [0.717, 1.165) is 5.56 Å². The van der Waals surface area contributed by atoms with Gasteiger partial charge in [0, 0.05) is 31.8 Å². The molecular formula is C10H11ClN2O2. The maximum Gasteiger partial charge on any atom is 0.222 e. The number of rotatable bonds is 5. The predicted octanol–water partition coefficient (Wildman–Crippen LogP) is 1.24. The number of nitrogens with one attached hydrogen (secondary N) is 1. The van der Waals surface area contributed by atoms with Gasteiger partial charge in [-0.05, 0) is 23.2 Å². The second kappa shape index (κ2) is 6.14. The summed E-state index contributed by atoms with van der Waals surface area (Å²) in [6.45, 7) is 0.420. The van der Waals surface area contributed by atoms with E-state index in [4.69, 9.17) is 11.6 Å². The van der Waals surface area contributed by atoms with E-state index in [0.29, 0.717) is 6.54 Å². The third-order valence-electron chi connectivity index (χ3n) is 1.76. The largest absolute Gasteiger partial charge is 0.352 e. The van der Waals surface area contributed by atoms with Crippen LogP contribution in [-0.4, -0.2) is 16.1 Å². The predicted molar refractivity (Wildman–Crippen MR) is 56.2 cm³/mol. The fourth-order valence-corrected chi connectivity index (χ4v) is 1.10. The molecule has 15 heavy (non-hydrogen) atoms. The lowest BCUT2D eigenvalue weighted by Gasteiger charge is -2.03. The fraction of sp³-hybridized carbons (Fsp3) is 0.300. The summed E-state index contributed by atoms with van der Waals surface area (Å²) in [5.41, 5.74) is 0.919. The standard InChI is InChI=1S/C10H11ClN2O2/c11-9(14)3-4-10(15)13-7-8-2-1-5-12-6-8/h1-2,5-6H,3-4,7H2,(H,13,15). The molecule has 0 aliphatic rings. The molecule has 0 aliphatic heterocycles. The quantitative estimate of drug-likeness (QED) is 0.769. The van der Waals surface area contributed by atoms with E-state index in [-0.39, 0.29) is 18.7 Å². The highest BCUT2D eigenvalue weighted by Gasteiger charge is 2.04. The Hall–Kier alpha value is -1.42. The minimum atomic E-state index is -0.494. The van der Waals surface area contributed by atoms with Gasteiger partial charge in [0.1, 0.15) is 0 Å². The van der Waals surface area contributed by atoms with Gasteiger partial charge in [0.15, 0.2) is 0 Å². The maximum atomic E-state index is 11.2. The number of pyridine rings is 1. The van der Waals surface area contributed by atoms with Crippen LogP contribution >= 0.6 is 11.6 Å². The van der Waals surface area contributed by atoms with Crippen LogP contribution in [0.2, 0.25) is 0 Å². The number of hydrogen-bond acceptors (Lipinski definition) is 3. The molecule has 0 aromatic carbocycles. The molecule has 0 spiro atoms. The Morgan fingerprint density at radius 3 is 2.80 bits per heavy atom. The van der Waals surface area contributed by atoms with Crippen molar-refractivity contribution in [3.63, 3.8) is 0 Å². The zero-order valence-corrected chi connectivity index (χ0v) is 8.83. The molecular weight excluding hydrogens is 216 g/mol. The lowest BCUT2D eigenvalue weighted by molar-refractivity contribution is -0.123. The zero-order valence-electron chi connectivity index (χ0n) is 8.07. The van der Waals surface area contributed by atoms with E-state index in [1.807, 2.05) is 6.07 Å². The van der Waals surface area contributed by atoms with Crippen LogP contribution in [-0.2, 0) is 16.1 Å². The van der Waals surface area contributed by atoms with Gasteiger partial charge in [0.25, 0.3) is 0 Å². The number of halogens is 1. The van der Waals surface area contributed by atoms with Crippen LogP contribution in [0.15, 0.2) is 24.5 Å². The molecule has 0 bridgehead atoms. The van der Waals surface area contributed by atoms with Crippen molar-refractivity contribution in [1.29, 1.82) is 0 Å². The van der Waals surface area contributed by atoms with Crippen molar-refractivity contribution in [2.24, 2.45) is 0 Å². The Balaban J connectivity index is 2.26. The number of aromatic nitrogens is 1. The van der Waals surface area contributed by atoms with E-state index in [1.165, 1.54) is 0 Å². The van der Waals surface area contributed by atoms with Gasteiger partial charge in [-0.3, -0.25) is 14.6 Å². The Kier molecular flexibility index (Phi) is 4.77. The average Bonchev–Trinajstić information content (AvgIpc) is 2.25. The molecule has 0 fully saturated rings. The van der Waals surface area contributed by atoms with Gasteiger partial charge in [0.05, 0.1) is 0 Å². The monoisotopic (exact) mass is 226 g/mol. The third kappa shape index (κ3) is 5.12. The van der Waals surface area contributed by atoms with Gasteiger partial charge < -0.3 is 5.32 Å². The molecule has 1 aromatic rings. The van der Waals surface area contributed by atoms with E-state index < -0.39 is 5.24 Å². The summed E-state index contributed by atoms with van der Waals surface area (Å²) in [6, 6.07) is 3.66. The third-order valence-corrected chi connectivity index (χ3v) is 1.95. The van der Waals surface area contributed by atoms with Gasteiger partial charge in [-0.25, -0.2) is 0 Å². The lowest BCUT2D eigenvalue weighted by Crippen LogP contribution is -2.22. The van der Waals surface area contributed by atoms with Crippen LogP contribution in [0, 0.1) is 0 Å². The van der Waals surface area contributed by atoms with E-state index >= 15 is 0 Å². The molecule has 0 radical (unpaired) electrons. The van der Waals surface area contributed by atoms with E-state index in [9.17, 15) is 9.59 Å². The summed E-state index contributed by atoms with van der Waals surface area (Å²) in [5.74, 6) is -0.187. The molecule has 1 heterocycles. The van der Waals surface area contributed by atoms with Crippen molar-refractivity contribution in [3.8, 4) is 0 Å². The van der Waals surface area contributed by atoms with Crippen LogP contribution in [0.4, 0.5) is 0 Å². The second-order valence-corrected chi connectivity index (χ2v) is 3.41. The highest BCUT2D eigenvalue weighted by molar-refractivity contribution is 6.63. The molecule has 0 atom stereocenters. The maximum absolute atomic E-state index is 11.2. The van der Waals surface area contributed by atoms with Gasteiger partial charge in [-0.15, -0.1) is 0 Å². The molecule has 0 saturated heterocycles. The Bertz CT molecular complexity index is 341. The molecule has 0 aliphatic carbocycles. The highest BCUT2D eigenvalue weighted by atomic mass is 35.5. The van der Waals surface area contributed by atoms with E-state index in [2.05, 4.69) is 10.3 Å². The van der Waals surface area contributed by atoms with Crippen molar-refractivity contribution >= 4 is 22.8 Å². The topological polar surface area (TPSA) is 59.1 Å². The number of carbonyl (C=O) groups is 2. The van der Waals surface area contributed by atoms with Gasteiger partial charge >= 0.3 is 0 Å². The normalized spacial score (nSPS) is 9.67. The molecule has 0 unspecified atom stereocenters. The fourth-order valence-electron chi connectivity index (χ4n) is 1.00. The van der Waals surface area contributed by atoms with Crippen LogP contribution in [0.5, 0.6) is 0 Å². The summed E-state index contributed by atoms with van der Waals surface area (Å²) < 4.78 is 0. The molecule has 1 amide bonds. The number of nitrogens with zero attached hydrogens (tertiary/aromatic N) is 1. The first kappa shape index (κ1) is 11.7. The van der Waals surface area contributed by atoms with Gasteiger partial charge in [-0.2, -0.15) is 0 Å². The molecule has 0 saturated carbocycles. The smallest absolute Gasteiger partial charge is 0.222 e. The summed E-state index contributed by atoms with van der Waals surface area (Å²) in [6.07, 6.45) is 3.54. The number of amides is 1. The summed E-state index contributed by atoms with van der Waals surface area (Å²) in [4.78, 5) is 25.5. The minimum absolute atomic E-state index is 0.0699. The van der Waals surface area contributed by atoms with Crippen molar-refractivity contribution < 1.29 is 9.59 Å². The number of hydrogen-bond donors (Lipinski definition) is 1. The average molecular weight is 227 g/mol. The van der Waals surface area contributed by atoms with Crippen molar-refractivity contribution in [2.75, 3.05) is 0 Å². The lowest BCUT2D eigenvalue weighted by atomic mass is 10.2. The van der Waals surface area contributed by atoms with Crippen LogP contribution < -0.4 is 5.32 Å². The highest BCUT2D eigenvalue weighted by Crippen LogP contribution is 1.97.